The minimum absolute atomic E-state index is 0.786. The second-order valence-electron chi connectivity index (χ2n) is 4.46. The summed E-state index contributed by atoms with van der Waals surface area (Å²) in [6.07, 6.45) is 0. The first-order chi connectivity index (χ1) is 8.65. The number of halogens is 1. The van der Waals surface area contributed by atoms with Crippen molar-refractivity contribution in [1.82, 2.24) is 9.88 Å². The highest BCUT2D eigenvalue weighted by atomic mass is 35.5. The van der Waals surface area contributed by atoms with Crippen LogP contribution in [0.5, 0.6) is 0 Å². The number of aryl methyl sites for hydroxylation is 1. The molecule has 1 N–H and O–H groups in total. The van der Waals surface area contributed by atoms with Gasteiger partial charge in [-0.2, -0.15) is 0 Å². The summed E-state index contributed by atoms with van der Waals surface area (Å²) in [5.41, 5.74) is 4.85. The lowest BCUT2D eigenvalue weighted by Gasteiger charge is -2.11. The van der Waals surface area contributed by atoms with E-state index in [1.165, 1.54) is 17.0 Å². The Bertz CT molecular complexity index is 543. The highest BCUT2D eigenvalue weighted by Crippen LogP contribution is 2.26. The molecule has 2 nitrogen and oxygen atoms in total. The third kappa shape index (κ3) is 2.45. The Kier molecular flexibility index (Phi) is 4.10. The van der Waals surface area contributed by atoms with Crippen molar-refractivity contribution in [2.24, 2.45) is 0 Å². The van der Waals surface area contributed by atoms with Crippen LogP contribution < -0.4 is 5.32 Å². The van der Waals surface area contributed by atoms with E-state index in [9.17, 15) is 0 Å². The van der Waals surface area contributed by atoms with Gasteiger partial charge in [-0.25, -0.2) is 0 Å². The van der Waals surface area contributed by atoms with Crippen molar-refractivity contribution in [3.05, 3.63) is 52.3 Å². The van der Waals surface area contributed by atoms with Gasteiger partial charge in [0.15, 0.2) is 0 Å². The SMILES string of the molecule is CCNCc1cc(C)n(-c2ccccc2Cl)c1C. The van der Waals surface area contributed by atoms with Gasteiger partial charge in [0.2, 0.25) is 0 Å². The van der Waals surface area contributed by atoms with Gasteiger partial charge in [0.25, 0.3) is 0 Å². The van der Waals surface area contributed by atoms with Crippen LogP contribution in [0.25, 0.3) is 5.69 Å². The smallest absolute Gasteiger partial charge is 0.0646 e. The summed E-state index contributed by atoms with van der Waals surface area (Å²) >= 11 is 6.28. The van der Waals surface area contributed by atoms with E-state index in [-0.39, 0.29) is 0 Å². The predicted molar refractivity (Wildman–Crippen MR) is 77.6 cm³/mol. The second kappa shape index (κ2) is 5.59. The molecule has 0 saturated heterocycles. The predicted octanol–water partition coefficient (Wildman–Crippen LogP) is 3.86. The molecule has 96 valence electrons. The Balaban J connectivity index is 2.46. The van der Waals surface area contributed by atoms with Crippen molar-refractivity contribution in [2.75, 3.05) is 6.54 Å². The zero-order chi connectivity index (χ0) is 13.1. The number of rotatable bonds is 4. The largest absolute Gasteiger partial charge is 0.317 e. The number of hydrogen-bond acceptors (Lipinski definition) is 1. The lowest BCUT2D eigenvalue weighted by molar-refractivity contribution is 0.722. The Morgan fingerprint density at radius 1 is 1.22 bits per heavy atom. The molecule has 0 saturated carbocycles. The van der Waals surface area contributed by atoms with Gasteiger partial charge >= 0.3 is 0 Å². The zero-order valence-corrected chi connectivity index (χ0v) is 11.9. The third-order valence-electron chi connectivity index (χ3n) is 3.19. The van der Waals surface area contributed by atoms with E-state index in [1.807, 2.05) is 18.2 Å². The van der Waals surface area contributed by atoms with Crippen LogP contribution in [-0.4, -0.2) is 11.1 Å². The van der Waals surface area contributed by atoms with Crippen molar-refractivity contribution in [1.29, 1.82) is 0 Å². The molecular formula is C15H19ClN2. The molecule has 1 aromatic heterocycles. The van der Waals surface area contributed by atoms with Crippen molar-refractivity contribution in [3.8, 4) is 5.69 Å². The second-order valence-corrected chi connectivity index (χ2v) is 4.87. The summed E-state index contributed by atoms with van der Waals surface area (Å²) in [5.74, 6) is 0. The summed E-state index contributed by atoms with van der Waals surface area (Å²) < 4.78 is 2.22. The molecule has 0 amide bonds. The number of benzene rings is 1. The van der Waals surface area contributed by atoms with E-state index in [0.29, 0.717) is 0 Å². The fourth-order valence-electron chi connectivity index (χ4n) is 2.27. The van der Waals surface area contributed by atoms with Gasteiger partial charge in [-0.3, -0.25) is 0 Å². The Labute approximate surface area is 114 Å². The van der Waals surface area contributed by atoms with E-state index in [4.69, 9.17) is 11.6 Å². The van der Waals surface area contributed by atoms with Gasteiger partial charge in [0.05, 0.1) is 10.7 Å². The van der Waals surface area contributed by atoms with Crippen molar-refractivity contribution in [3.63, 3.8) is 0 Å². The number of nitrogens with zero attached hydrogens (tertiary/aromatic N) is 1. The summed E-state index contributed by atoms with van der Waals surface area (Å²) in [6.45, 7) is 8.26. The minimum Gasteiger partial charge on any atom is -0.317 e. The average molecular weight is 263 g/mol. The van der Waals surface area contributed by atoms with Gasteiger partial charge in [0, 0.05) is 17.9 Å². The maximum Gasteiger partial charge on any atom is 0.0646 e. The normalized spacial score (nSPS) is 10.9. The fourth-order valence-corrected chi connectivity index (χ4v) is 2.49. The summed E-state index contributed by atoms with van der Waals surface area (Å²) in [6, 6.07) is 10.2. The number of nitrogens with one attached hydrogen (secondary N) is 1. The molecule has 1 aromatic carbocycles. The topological polar surface area (TPSA) is 17.0 Å². The van der Waals surface area contributed by atoms with Crippen LogP contribution in [0, 0.1) is 13.8 Å². The lowest BCUT2D eigenvalue weighted by atomic mass is 10.2. The molecule has 0 atom stereocenters. The molecule has 3 heteroatoms. The van der Waals surface area contributed by atoms with E-state index in [1.54, 1.807) is 0 Å². The van der Waals surface area contributed by atoms with Crippen LogP contribution in [0.3, 0.4) is 0 Å². The highest BCUT2D eigenvalue weighted by molar-refractivity contribution is 6.32. The van der Waals surface area contributed by atoms with Crippen LogP contribution in [0.4, 0.5) is 0 Å². The van der Waals surface area contributed by atoms with Gasteiger partial charge < -0.3 is 9.88 Å². The van der Waals surface area contributed by atoms with Gasteiger partial charge in [-0.05, 0) is 44.2 Å². The maximum absolute atomic E-state index is 6.28. The molecular weight excluding hydrogens is 244 g/mol. The first-order valence-electron chi connectivity index (χ1n) is 6.28. The molecule has 0 aliphatic heterocycles. The molecule has 1 heterocycles. The number of hydrogen-bond donors (Lipinski definition) is 1. The van der Waals surface area contributed by atoms with E-state index in [0.717, 1.165) is 23.8 Å². The van der Waals surface area contributed by atoms with E-state index >= 15 is 0 Å². The highest BCUT2D eigenvalue weighted by Gasteiger charge is 2.11. The first-order valence-corrected chi connectivity index (χ1v) is 6.66. The van der Waals surface area contributed by atoms with Gasteiger partial charge in [-0.1, -0.05) is 30.7 Å². The van der Waals surface area contributed by atoms with Crippen LogP contribution in [-0.2, 0) is 6.54 Å². The molecule has 0 unspecified atom stereocenters. The number of para-hydroxylation sites is 1. The Morgan fingerprint density at radius 2 is 1.94 bits per heavy atom. The maximum atomic E-state index is 6.28. The van der Waals surface area contributed by atoms with Crippen molar-refractivity contribution >= 4 is 11.6 Å². The minimum atomic E-state index is 0.786. The zero-order valence-electron chi connectivity index (χ0n) is 11.1. The Morgan fingerprint density at radius 3 is 2.61 bits per heavy atom. The summed E-state index contributed by atoms with van der Waals surface area (Å²) in [5, 5.41) is 4.15. The molecule has 0 aliphatic rings. The van der Waals surface area contributed by atoms with Gasteiger partial charge in [0.1, 0.15) is 0 Å². The molecule has 0 aliphatic carbocycles. The molecule has 18 heavy (non-hydrogen) atoms. The quantitative estimate of drug-likeness (QED) is 0.885. The Hall–Kier alpha value is -1.25. The summed E-state index contributed by atoms with van der Waals surface area (Å²) in [7, 11) is 0. The average Bonchev–Trinajstić information content (AvgIpc) is 2.63. The summed E-state index contributed by atoms with van der Waals surface area (Å²) in [4.78, 5) is 0. The van der Waals surface area contributed by atoms with Crippen molar-refractivity contribution < 1.29 is 0 Å². The van der Waals surface area contributed by atoms with Crippen molar-refractivity contribution in [2.45, 2.75) is 27.3 Å². The van der Waals surface area contributed by atoms with E-state index < -0.39 is 0 Å². The van der Waals surface area contributed by atoms with Crippen LogP contribution in [0.15, 0.2) is 30.3 Å². The van der Waals surface area contributed by atoms with Crippen LogP contribution in [0.2, 0.25) is 5.02 Å². The number of aromatic nitrogens is 1. The van der Waals surface area contributed by atoms with Crippen LogP contribution >= 0.6 is 11.6 Å². The molecule has 2 rings (SSSR count). The van der Waals surface area contributed by atoms with Crippen LogP contribution in [0.1, 0.15) is 23.9 Å². The standard InChI is InChI=1S/C15H19ClN2/c1-4-17-10-13-9-11(2)18(12(13)3)15-8-6-5-7-14(15)16/h5-9,17H,4,10H2,1-3H3. The van der Waals surface area contributed by atoms with E-state index in [2.05, 4.69) is 42.8 Å². The molecule has 2 aromatic rings. The first kappa shape index (κ1) is 13.2. The molecule has 0 spiro atoms. The molecule has 0 fully saturated rings. The monoisotopic (exact) mass is 262 g/mol. The van der Waals surface area contributed by atoms with Gasteiger partial charge in [-0.15, -0.1) is 0 Å². The molecule has 0 bridgehead atoms. The third-order valence-corrected chi connectivity index (χ3v) is 3.51. The fraction of sp³-hybridized carbons (Fsp3) is 0.333. The molecule has 0 radical (unpaired) electrons. The lowest BCUT2D eigenvalue weighted by Crippen LogP contribution is -2.12.